The van der Waals surface area contributed by atoms with Crippen molar-refractivity contribution in [2.45, 2.75) is 26.2 Å². The third-order valence-electron chi connectivity index (χ3n) is 2.49. The van der Waals surface area contributed by atoms with Crippen LogP contribution in [0.25, 0.3) is 5.57 Å². The van der Waals surface area contributed by atoms with Gasteiger partial charge in [-0.1, -0.05) is 6.08 Å². The maximum absolute atomic E-state index is 11.4. The molecule has 0 radical (unpaired) electrons. The second kappa shape index (κ2) is 4.62. The molecule has 0 fully saturated rings. The number of carbonyl (C=O) groups is 1. The van der Waals surface area contributed by atoms with E-state index in [2.05, 4.69) is 17.5 Å². The van der Waals surface area contributed by atoms with E-state index in [1.54, 1.807) is 11.3 Å². The van der Waals surface area contributed by atoms with Crippen LogP contribution in [0.15, 0.2) is 17.5 Å². The van der Waals surface area contributed by atoms with Crippen LogP contribution in [0.5, 0.6) is 0 Å². The number of ether oxygens (including phenoxy) is 1. The third-order valence-corrected chi connectivity index (χ3v) is 3.47. The van der Waals surface area contributed by atoms with E-state index in [-0.39, 0.29) is 5.97 Å². The first-order valence-electron chi connectivity index (χ1n) is 5.22. The van der Waals surface area contributed by atoms with E-state index in [1.165, 1.54) is 10.4 Å². The van der Waals surface area contributed by atoms with Crippen molar-refractivity contribution in [1.82, 2.24) is 0 Å². The molecule has 1 aliphatic rings. The molecule has 2 nitrogen and oxygen atoms in total. The molecule has 0 unspecified atom stereocenters. The number of esters is 1. The van der Waals surface area contributed by atoms with Gasteiger partial charge in [-0.25, -0.2) is 0 Å². The summed E-state index contributed by atoms with van der Waals surface area (Å²) in [6, 6.07) is 2.10. The van der Waals surface area contributed by atoms with Gasteiger partial charge < -0.3 is 4.74 Å². The second-order valence-electron chi connectivity index (χ2n) is 3.51. The molecule has 1 heterocycles. The van der Waals surface area contributed by atoms with E-state index in [0.717, 1.165) is 18.4 Å². The van der Waals surface area contributed by atoms with E-state index in [9.17, 15) is 4.79 Å². The summed E-state index contributed by atoms with van der Waals surface area (Å²) in [5.41, 5.74) is 2.38. The van der Waals surface area contributed by atoms with E-state index < -0.39 is 0 Å². The summed E-state index contributed by atoms with van der Waals surface area (Å²) in [7, 11) is 0. The van der Waals surface area contributed by atoms with Crippen molar-refractivity contribution in [2.75, 3.05) is 6.61 Å². The molecule has 1 aromatic heterocycles. The third kappa shape index (κ3) is 2.29. The number of fused-ring (bicyclic) bond motifs is 1. The maximum Gasteiger partial charge on any atom is 0.310 e. The van der Waals surface area contributed by atoms with Crippen LogP contribution >= 0.6 is 11.3 Å². The Labute approximate surface area is 93.6 Å². The van der Waals surface area contributed by atoms with Crippen LogP contribution in [-0.2, 0) is 16.0 Å². The van der Waals surface area contributed by atoms with E-state index >= 15 is 0 Å². The maximum atomic E-state index is 11.4. The Kier molecular flexibility index (Phi) is 3.21. The summed E-state index contributed by atoms with van der Waals surface area (Å²) in [5, 5.41) is 2.09. The van der Waals surface area contributed by atoms with Crippen molar-refractivity contribution in [3.8, 4) is 0 Å². The van der Waals surface area contributed by atoms with Crippen LogP contribution in [0.3, 0.4) is 0 Å². The highest BCUT2D eigenvalue weighted by molar-refractivity contribution is 7.10. The molecule has 2 rings (SSSR count). The Morgan fingerprint density at radius 1 is 1.60 bits per heavy atom. The molecule has 0 amide bonds. The molecule has 3 heteroatoms. The molecule has 0 saturated carbocycles. The van der Waals surface area contributed by atoms with E-state index in [0.29, 0.717) is 13.0 Å². The van der Waals surface area contributed by atoms with Gasteiger partial charge in [0.2, 0.25) is 0 Å². The lowest BCUT2D eigenvalue weighted by molar-refractivity contribution is -0.141. The SMILES string of the molecule is CCOC(=O)CC1=CCCc2sccc21. The number of thiophene rings is 1. The minimum absolute atomic E-state index is 0.122. The molecule has 0 saturated heterocycles. The standard InChI is InChI=1S/C12H14O2S/c1-2-14-12(13)8-9-4-3-5-11-10(9)6-7-15-11/h4,6-7H,2-3,5,8H2,1H3. The molecule has 0 atom stereocenters. The van der Waals surface area contributed by atoms with Crippen molar-refractivity contribution in [3.63, 3.8) is 0 Å². The molecule has 0 aromatic carbocycles. The minimum atomic E-state index is -0.122. The van der Waals surface area contributed by atoms with Crippen LogP contribution in [0.2, 0.25) is 0 Å². The molecule has 0 aliphatic heterocycles. The predicted octanol–water partition coefficient (Wildman–Crippen LogP) is 3.03. The van der Waals surface area contributed by atoms with Crippen molar-refractivity contribution in [3.05, 3.63) is 28.0 Å². The van der Waals surface area contributed by atoms with Crippen LogP contribution in [0.1, 0.15) is 30.2 Å². The number of allylic oxidation sites excluding steroid dienone is 1. The molecule has 1 aromatic rings. The first-order chi connectivity index (χ1) is 7.31. The molecular formula is C12H14O2S. The van der Waals surface area contributed by atoms with Gasteiger partial charge in [0.25, 0.3) is 0 Å². The van der Waals surface area contributed by atoms with Crippen LogP contribution in [0.4, 0.5) is 0 Å². The van der Waals surface area contributed by atoms with Gasteiger partial charge in [-0.05, 0) is 42.3 Å². The summed E-state index contributed by atoms with van der Waals surface area (Å²) < 4.78 is 4.96. The van der Waals surface area contributed by atoms with Crippen LogP contribution in [0, 0.1) is 0 Å². The lowest BCUT2D eigenvalue weighted by Crippen LogP contribution is -2.06. The van der Waals surface area contributed by atoms with Crippen LogP contribution < -0.4 is 0 Å². The monoisotopic (exact) mass is 222 g/mol. The van der Waals surface area contributed by atoms with Crippen LogP contribution in [-0.4, -0.2) is 12.6 Å². The van der Waals surface area contributed by atoms with E-state index in [4.69, 9.17) is 4.74 Å². The van der Waals surface area contributed by atoms with Gasteiger partial charge in [0.15, 0.2) is 0 Å². The Hall–Kier alpha value is -1.09. The quantitative estimate of drug-likeness (QED) is 0.735. The van der Waals surface area contributed by atoms with Crippen molar-refractivity contribution in [1.29, 1.82) is 0 Å². The highest BCUT2D eigenvalue weighted by atomic mass is 32.1. The fraction of sp³-hybridized carbons (Fsp3) is 0.417. The molecule has 0 N–H and O–H groups in total. The first-order valence-corrected chi connectivity index (χ1v) is 6.10. The van der Waals surface area contributed by atoms with Crippen molar-refractivity contribution >= 4 is 22.9 Å². The predicted molar refractivity (Wildman–Crippen MR) is 61.9 cm³/mol. The number of hydrogen-bond donors (Lipinski definition) is 0. The van der Waals surface area contributed by atoms with Gasteiger partial charge in [0.1, 0.15) is 0 Å². The minimum Gasteiger partial charge on any atom is -0.466 e. The highest BCUT2D eigenvalue weighted by Crippen LogP contribution is 2.32. The normalized spacial score (nSPS) is 14.3. The Balaban J connectivity index is 2.10. The smallest absolute Gasteiger partial charge is 0.310 e. The summed E-state index contributed by atoms with van der Waals surface area (Å²) in [5.74, 6) is -0.122. The molecule has 0 spiro atoms. The van der Waals surface area contributed by atoms with Gasteiger partial charge >= 0.3 is 5.97 Å². The number of rotatable bonds is 3. The molecule has 0 bridgehead atoms. The Morgan fingerprint density at radius 3 is 3.27 bits per heavy atom. The summed E-state index contributed by atoms with van der Waals surface area (Å²) in [6.45, 7) is 2.30. The summed E-state index contributed by atoms with van der Waals surface area (Å²) in [6.07, 6.45) is 4.73. The number of carbonyl (C=O) groups excluding carboxylic acids is 1. The van der Waals surface area contributed by atoms with Gasteiger partial charge in [-0.15, -0.1) is 11.3 Å². The summed E-state index contributed by atoms with van der Waals surface area (Å²) >= 11 is 1.78. The summed E-state index contributed by atoms with van der Waals surface area (Å²) in [4.78, 5) is 12.8. The largest absolute Gasteiger partial charge is 0.466 e. The zero-order chi connectivity index (χ0) is 10.7. The van der Waals surface area contributed by atoms with Crippen molar-refractivity contribution in [2.24, 2.45) is 0 Å². The van der Waals surface area contributed by atoms with Crippen molar-refractivity contribution < 1.29 is 9.53 Å². The first kappa shape index (κ1) is 10.4. The fourth-order valence-corrected chi connectivity index (χ4v) is 2.77. The lowest BCUT2D eigenvalue weighted by Gasteiger charge is -2.12. The molecule has 80 valence electrons. The van der Waals surface area contributed by atoms with E-state index in [1.807, 2.05) is 6.92 Å². The zero-order valence-electron chi connectivity index (χ0n) is 8.79. The van der Waals surface area contributed by atoms with Gasteiger partial charge in [0, 0.05) is 4.88 Å². The fourth-order valence-electron chi connectivity index (χ4n) is 1.84. The number of aryl methyl sites for hydroxylation is 1. The average molecular weight is 222 g/mol. The molecule has 15 heavy (non-hydrogen) atoms. The molecular weight excluding hydrogens is 208 g/mol. The lowest BCUT2D eigenvalue weighted by atomic mass is 9.96. The highest BCUT2D eigenvalue weighted by Gasteiger charge is 2.16. The Bertz CT molecular complexity index is 390. The average Bonchev–Trinajstić information content (AvgIpc) is 2.67. The second-order valence-corrected chi connectivity index (χ2v) is 4.51. The Morgan fingerprint density at radius 2 is 2.47 bits per heavy atom. The van der Waals surface area contributed by atoms with Gasteiger partial charge in [-0.3, -0.25) is 4.79 Å². The van der Waals surface area contributed by atoms with Gasteiger partial charge in [0.05, 0.1) is 13.0 Å². The zero-order valence-corrected chi connectivity index (χ0v) is 9.60. The topological polar surface area (TPSA) is 26.3 Å². The molecule has 1 aliphatic carbocycles. The number of hydrogen-bond acceptors (Lipinski definition) is 3. The van der Waals surface area contributed by atoms with Gasteiger partial charge in [-0.2, -0.15) is 0 Å².